The smallest absolute Gasteiger partial charge is 0.161 e. The molecule has 3 rings (SSSR count). The fraction of sp³-hybridized carbons (Fsp3) is 0.647. The summed E-state index contributed by atoms with van der Waals surface area (Å²) in [6.07, 6.45) is 4.84. The fourth-order valence-corrected chi connectivity index (χ4v) is 3.23. The van der Waals surface area contributed by atoms with E-state index in [0.29, 0.717) is 12.1 Å². The van der Waals surface area contributed by atoms with Crippen LogP contribution in [-0.2, 0) is 6.54 Å². The molecule has 0 amide bonds. The molecular weight excluding hydrogens is 264 g/mol. The van der Waals surface area contributed by atoms with Crippen molar-refractivity contribution in [3.05, 3.63) is 23.8 Å². The van der Waals surface area contributed by atoms with Gasteiger partial charge in [0.25, 0.3) is 0 Å². The van der Waals surface area contributed by atoms with Crippen molar-refractivity contribution in [2.75, 3.05) is 13.2 Å². The maximum Gasteiger partial charge on any atom is 0.161 e. The van der Waals surface area contributed by atoms with E-state index in [4.69, 9.17) is 9.47 Å². The molecule has 2 atom stereocenters. The van der Waals surface area contributed by atoms with Crippen molar-refractivity contribution in [3.63, 3.8) is 0 Å². The van der Waals surface area contributed by atoms with Crippen LogP contribution in [0.4, 0.5) is 0 Å². The number of hydrazine groups is 1. The minimum atomic E-state index is 0.606. The second-order valence-electron chi connectivity index (χ2n) is 6.20. The van der Waals surface area contributed by atoms with Crippen LogP contribution in [0.5, 0.6) is 11.5 Å². The zero-order chi connectivity index (χ0) is 14.7. The molecule has 2 aliphatic heterocycles. The topological polar surface area (TPSA) is 33.7 Å². The molecule has 0 bridgehead atoms. The van der Waals surface area contributed by atoms with E-state index in [1.54, 1.807) is 0 Å². The lowest BCUT2D eigenvalue weighted by atomic mass is 10.00. The highest BCUT2D eigenvalue weighted by Gasteiger charge is 2.24. The largest absolute Gasteiger partial charge is 0.490 e. The number of nitrogens with one attached hydrogen (secondary N) is 1. The summed E-state index contributed by atoms with van der Waals surface area (Å²) in [6.45, 7) is 6.93. The monoisotopic (exact) mass is 290 g/mol. The van der Waals surface area contributed by atoms with Crippen LogP contribution in [0.15, 0.2) is 18.2 Å². The first kappa shape index (κ1) is 14.7. The lowest BCUT2D eigenvalue weighted by molar-refractivity contribution is 0.0435. The second kappa shape index (κ2) is 6.67. The van der Waals surface area contributed by atoms with Crippen molar-refractivity contribution in [2.45, 2.75) is 58.2 Å². The van der Waals surface area contributed by atoms with Crippen molar-refractivity contribution >= 4 is 0 Å². The van der Waals surface area contributed by atoms with Gasteiger partial charge in [-0.25, -0.2) is 5.01 Å². The molecule has 1 aromatic carbocycles. The third-order valence-corrected chi connectivity index (χ3v) is 4.47. The molecular formula is C17H26N2O2. The van der Waals surface area contributed by atoms with Gasteiger partial charge in [0.1, 0.15) is 0 Å². The Morgan fingerprint density at radius 1 is 1.05 bits per heavy atom. The van der Waals surface area contributed by atoms with Crippen LogP contribution in [-0.4, -0.2) is 30.3 Å². The predicted molar refractivity (Wildman–Crippen MR) is 83.5 cm³/mol. The van der Waals surface area contributed by atoms with Crippen LogP contribution in [0.25, 0.3) is 0 Å². The Hall–Kier alpha value is -1.26. The summed E-state index contributed by atoms with van der Waals surface area (Å²) < 4.78 is 11.4. The van der Waals surface area contributed by atoms with Crippen LogP contribution in [0.3, 0.4) is 0 Å². The summed E-state index contributed by atoms with van der Waals surface area (Å²) in [5, 5.41) is 2.41. The van der Waals surface area contributed by atoms with Crippen LogP contribution in [0.1, 0.15) is 45.1 Å². The zero-order valence-corrected chi connectivity index (χ0v) is 13.1. The molecule has 21 heavy (non-hydrogen) atoms. The summed E-state index contributed by atoms with van der Waals surface area (Å²) in [6, 6.07) is 7.47. The molecule has 4 nitrogen and oxygen atoms in total. The van der Waals surface area contributed by atoms with Crippen molar-refractivity contribution in [2.24, 2.45) is 0 Å². The molecule has 116 valence electrons. The van der Waals surface area contributed by atoms with E-state index >= 15 is 0 Å². The predicted octanol–water partition coefficient (Wildman–Crippen LogP) is 3.12. The molecule has 1 fully saturated rings. The molecule has 2 aliphatic rings. The van der Waals surface area contributed by atoms with E-state index in [2.05, 4.69) is 36.4 Å². The maximum absolute atomic E-state index is 5.76. The number of ether oxygens (including phenoxy) is 2. The van der Waals surface area contributed by atoms with Gasteiger partial charge in [-0.1, -0.05) is 12.5 Å². The van der Waals surface area contributed by atoms with E-state index in [9.17, 15) is 0 Å². The molecule has 2 heterocycles. The average Bonchev–Trinajstić information content (AvgIpc) is 2.71. The molecule has 1 N–H and O–H groups in total. The molecule has 2 unspecified atom stereocenters. The standard InChI is InChI=1S/C17H26N2O2/c1-13-5-3-6-14(2)19(13)18-12-15-7-8-16-17(11-15)21-10-4-9-20-16/h7-8,11,13-14,18H,3-6,9-10,12H2,1-2H3. The highest BCUT2D eigenvalue weighted by molar-refractivity contribution is 5.43. The Balaban J connectivity index is 1.63. The Kier molecular flexibility index (Phi) is 4.66. The molecule has 1 aromatic rings. The summed E-state index contributed by atoms with van der Waals surface area (Å²) >= 11 is 0. The molecule has 1 saturated heterocycles. The van der Waals surface area contributed by atoms with Crippen LogP contribution >= 0.6 is 0 Å². The van der Waals surface area contributed by atoms with Gasteiger partial charge < -0.3 is 9.47 Å². The van der Waals surface area contributed by atoms with Crippen molar-refractivity contribution in [1.82, 2.24) is 10.4 Å². The number of piperidine rings is 1. The molecule has 0 saturated carbocycles. The SMILES string of the molecule is CC1CCCC(C)N1NCc1ccc2c(c1)OCCCO2. The second-order valence-corrected chi connectivity index (χ2v) is 6.20. The van der Waals surface area contributed by atoms with Gasteiger partial charge >= 0.3 is 0 Å². The number of benzene rings is 1. The highest BCUT2D eigenvalue weighted by atomic mass is 16.5. The third-order valence-electron chi connectivity index (χ3n) is 4.47. The minimum Gasteiger partial charge on any atom is -0.490 e. The summed E-state index contributed by atoms with van der Waals surface area (Å²) in [5.41, 5.74) is 4.84. The lowest BCUT2D eigenvalue weighted by Gasteiger charge is -2.39. The van der Waals surface area contributed by atoms with Gasteiger partial charge in [0.2, 0.25) is 0 Å². The number of nitrogens with zero attached hydrogens (tertiary/aromatic N) is 1. The maximum atomic E-state index is 5.76. The van der Waals surface area contributed by atoms with E-state index in [0.717, 1.165) is 37.7 Å². The van der Waals surface area contributed by atoms with E-state index in [1.807, 2.05) is 6.07 Å². The number of rotatable bonds is 3. The first-order chi connectivity index (χ1) is 10.2. The Morgan fingerprint density at radius 2 is 1.76 bits per heavy atom. The lowest BCUT2D eigenvalue weighted by Crippen LogP contribution is -2.51. The number of fused-ring (bicyclic) bond motifs is 1. The quantitative estimate of drug-likeness (QED) is 0.927. The average molecular weight is 290 g/mol. The first-order valence-corrected chi connectivity index (χ1v) is 8.14. The Morgan fingerprint density at radius 3 is 2.52 bits per heavy atom. The summed E-state index contributed by atoms with van der Waals surface area (Å²) in [4.78, 5) is 0. The number of hydrogen-bond donors (Lipinski definition) is 1. The van der Waals surface area contributed by atoms with E-state index in [1.165, 1.54) is 24.8 Å². The molecule has 0 radical (unpaired) electrons. The van der Waals surface area contributed by atoms with Crippen LogP contribution < -0.4 is 14.9 Å². The molecule has 4 heteroatoms. The van der Waals surface area contributed by atoms with Crippen LogP contribution in [0, 0.1) is 0 Å². The van der Waals surface area contributed by atoms with Gasteiger partial charge in [0.15, 0.2) is 11.5 Å². The minimum absolute atomic E-state index is 0.606. The number of hydrogen-bond acceptors (Lipinski definition) is 4. The van der Waals surface area contributed by atoms with Gasteiger partial charge in [-0.15, -0.1) is 0 Å². The highest BCUT2D eigenvalue weighted by Crippen LogP contribution is 2.30. The van der Waals surface area contributed by atoms with Gasteiger partial charge in [-0.2, -0.15) is 0 Å². The van der Waals surface area contributed by atoms with Gasteiger partial charge in [-0.3, -0.25) is 5.43 Å². The van der Waals surface area contributed by atoms with Crippen molar-refractivity contribution < 1.29 is 9.47 Å². The molecule has 0 aromatic heterocycles. The van der Waals surface area contributed by atoms with E-state index in [-0.39, 0.29) is 0 Å². The van der Waals surface area contributed by atoms with Crippen LogP contribution in [0.2, 0.25) is 0 Å². The molecule has 0 aliphatic carbocycles. The Bertz CT molecular complexity index is 468. The van der Waals surface area contributed by atoms with Gasteiger partial charge in [0, 0.05) is 25.0 Å². The summed E-state index contributed by atoms with van der Waals surface area (Å²) in [5.74, 6) is 1.75. The summed E-state index contributed by atoms with van der Waals surface area (Å²) in [7, 11) is 0. The van der Waals surface area contributed by atoms with E-state index < -0.39 is 0 Å². The zero-order valence-electron chi connectivity index (χ0n) is 13.1. The Labute approximate surface area is 127 Å². The molecule has 0 spiro atoms. The third kappa shape index (κ3) is 3.50. The van der Waals surface area contributed by atoms with Gasteiger partial charge in [-0.05, 0) is 44.4 Å². The normalized spacial score (nSPS) is 26.4. The van der Waals surface area contributed by atoms with Gasteiger partial charge in [0.05, 0.1) is 13.2 Å². The van der Waals surface area contributed by atoms with Crippen molar-refractivity contribution in [3.8, 4) is 11.5 Å². The first-order valence-electron chi connectivity index (χ1n) is 8.14. The fourth-order valence-electron chi connectivity index (χ4n) is 3.23. The van der Waals surface area contributed by atoms with Crippen molar-refractivity contribution in [1.29, 1.82) is 0 Å².